The lowest BCUT2D eigenvalue weighted by molar-refractivity contribution is 0.669. The molecule has 0 aliphatic heterocycles. The van der Waals surface area contributed by atoms with E-state index in [0.717, 1.165) is 43.7 Å². The molecule has 0 saturated heterocycles. The van der Waals surface area contributed by atoms with E-state index in [9.17, 15) is 0 Å². The van der Waals surface area contributed by atoms with E-state index in [0.29, 0.717) is 34.5 Å². The van der Waals surface area contributed by atoms with Crippen LogP contribution in [0.25, 0.3) is 77.3 Å². The molecule has 0 unspecified atom stereocenters. The summed E-state index contributed by atoms with van der Waals surface area (Å²) in [6.07, 6.45) is 0. The van der Waals surface area contributed by atoms with E-state index >= 15 is 0 Å². The molecule has 3 aromatic heterocycles. The van der Waals surface area contributed by atoms with Crippen molar-refractivity contribution in [1.82, 2.24) is 19.5 Å². The Hall–Kier alpha value is -5.80. The summed E-state index contributed by atoms with van der Waals surface area (Å²) >= 11 is 0. The minimum absolute atomic E-state index is 0.540. The number of hydrogen-bond acceptors (Lipinski definition) is 4. The lowest BCUT2D eigenvalue weighted by Crippen LogP contribution is -2.06. The summed E-state index contributed by atoms with van der Waals surface area (Å²) in [5.74, 6) is 1.67. The van der Waals surface area contributed by atoms with Gasteiger partial charge in [0.25, 0.3) is 0 Å². The largest absolute Gasteiger partial charge is 0.457 e. The zero-order valence-electron chi connectivity index (χ0n) is 21.1. The molecule has 6 nitrogen and oxygen atoms in total. The molecule has 0 fully saturated rings. The predicted molar refractivity (Wildman–Crippen MR) is 159 cm³/mol. The highest BCUT2D eigenvalue weighted by molar-refractivity contribution is 6.12. The van der Waals surface area contributed by atoms with E-state index in [1.807, 2.05) is 78.9 Å². The van der Waals surface area contributed by atoms with Crippen LogP contribution in [0.2, 0.25) is 0 Å². The Morgan fingerprint density at radius 2 is 1.25 bits per heavy atom. The first kappa shape index (κ1) is 22.2. The van der Waals surface area contributed by atoms with Gasteiger partial charge in [-0.15, -0.1) is 0 Å². The van der Waals surface area contributed by atoms with Crippen LogP contribution in [0, 0.1) is 6.57 Å². The molecule has 3 heterocycles. The maximum absolute atomic E-state index is 7.58. The van der Waals surface area contributed by atoms with Crippen LogP contribution in [0.15, 0.2) is 120 Å². The highest BCUT2D eigenvalue weighted by atomic mass is 16.3. The van der Waals surface area contributed by atoms with Crippen molar-refractivity contribution in [2.45, 2.75) is 0 Å². The first-order valence-electron chi connectivity index (χ1n) is 12.9. The maximum atomic E-state index is 7.58. The van der Waals surface area contributed by atoms with Crippen LogP contribution >= 0.6 is 0 Å². The van der Waals surface area contributed by atoms with Crippen LogP contribution < -0.4 is 0 Å². The Bertz CT molecular complexity index is 2240. The molecule has 0 spiro atoms. The molecule has 0 amide bonds. The Kier molecular flexibility index (Phi) is 4.78. The second-order valence-electron chi connectivity index (χ2n) is 9.59. The minimum Gasteiger partial charge on any atom is -0.457 e. The average molecular weight is 514 g/mol. The fraction of sp³-hybridized carbons (Fsp3) is 0. The van der Waals surface area contributed by atoms with Gasteiger partial charge in [0.05, 0.1) is 17.6 Å². The number of nitrogens with zero attached hydrogens (tertiary/aromatic N) is 5. The number of aromatic nitrogens is 4. The molecule has 5 aromatic carbocycles. The number of hydrogen-bond donors (Lipinski definition) is 0. The topological polar surface area (TPSA) is 61.1 Å². The molecule has 0 radical (unpaired) electrons. The number of para-hydroxylation sites is 2. The first-order valence-corrected chi connectivity index (χ1v) is 12.9. The summed E-state index contributed by atoms with van der Waals surface area (Å²) < 4.78 is 8.27. The highest BCUT2D eigenvalue weighted by Crippen LogP contribution is 2.38. The normalized spacial score (nSPS) is 11.5. The van der Waals surface area contributed by atoms with E-state index in [1.165, 1.54) is 0 Å². The van der Waals surface area contributed by atoms with Gasteiger partial charge >= 0.3 is 0 Å². The highest BCUT2D eigenvalue weighted by Gasteiger charge is 2.18. The third-order valence-corrected chi connectivity index (χ3v) is 7.29. The number of benzene rings is 5. The van der Waals surface area contributed by atoms with Crippen molar-refractivity contribution < 1.29 is 4.42 Å². The van der Waals surface area contributed by atoms with Crippen LogP contribution in [0.5, 0.6) is 0 Å². The monoisotopic (exact) mass is 513 g/mol. The van der Waals surface area contributed by atoms with Crippen LogP contribution in [0.1, 0.15) is 0 Å². The van der Waals surface area contributed by atoms with E-state index in [2.05, 4.69) is 45.8 Å². The Labute approximate surface area is 228 Å². The Morgan fingerprint density at radius 1 is 0.575 bits per heavy atom. The van der Waals surface area contributed by atoms with Crippen molar-refractivity contribution >= 4 is 49.4 Å². The SMILES string of the molecule is [C-]#[N+]c1cccc2oc3cc(-c4nc(-c5ccccc5)nc(-n5c6ccccc6c6ccccc65)n4)ccc3c12. The first-order chi connectivity index (χ1) is 19.8. The van der Waals surface area contributed by atoms with E-state index in [-0.39, 0.29) is 0 Å². The number of rotatable bonds is 3. The van der Waals surface area contributed by atoms with Gasteiger partial charge in [0.1, 0.15) is 11.2 Å². The third-order valence-electron chi connectivity index (χ3n) is 7.29. The molecule has 8 aromatic rings. The summed E-state index contributed by atoms with van der Waals surface area (Å²) in [5, 5.41) is 4.00. The standard InChI is InChI=1S/C34H19N5O/c1-35-26-14-9-17-29-31(26)25-19-18-22(20-30(25)40-29)33-36-32(21-10-3-2-4-11-21)37-34(38-33)39-27-15-7-5-12-23(27)24-13-6-8-16-28(24)39/h2-20H. The average Bonchev–Trinajstić information content (AvgIpc) is 3.56. The van der Waals surface area contributed by atoms with Crippen molar-refractivity contribution in [3.63, 3.8) is 0 Å². The lowest BCUT2D eigenvalue weighted by Gasteiger charge is -2.10. The quantitative estimate of drug-likeness (QED) is 0.222. The van der Waals surface area contributed by atoms with E-state index < -0.39 is 0 Å². The van der Waals surface area contributed by atoms with Gasteiger partial charge in [-0.25, -0.2) is 9.83 Å². The summed E-state index contributed by atoms with van der Waals surface area (Å²) in [6, 6.07) is 38.0. The molecule has 0 N–H and O–H groups in total. The predicted octanol–water partition coefficient (Wildman–Crippen LogP) is 8.75. The Balaban J connectivity index is 1.41. The molecule has 0 saturated carbocycles. The van der Waals surface area contributed by atoms with Crippen LogP contribution in [-0.2, 0) is 0 Å². The summed E-state index contributed by atoms with van der Waals surface area (Å²) in [6.45, 7) is 7.58. The van der Waals surface area contributed by atoms with Crippen LogP contribution in [0.4, 0.5) is 5.69 Å². The van der Waals surface area contributed by atoms with Gasteiger partial charge < -0.3 is 4.42 Å². The minimum atomic E-state index is 0.540. The Morgan fingerprint density at radius 3 is 1.98 bits per heavy atom. The second-order valence-corrected chi connectivity index (χ2v) is 9.59. The summed E-state index contributed by atoms with van der Waals surface area (Å²) in [7, 11) is 0. The summed E-state index contributed by atoms with van der Waals surface area (Å²) in [4.78, 5) is 18.6. The number of fused-ring (bicyclic) bond motifs is 6. The van der Waals surface area contributed by atoms with Gasteiger partial charge in [-0.05, 0) is 24.3 Å². The maximum Gasteiger partial charge on any atom is 0.238 e. The zero-order chi connectivity index (χ0) is 26.6. The number of furan rings is 1. The fourth-order valence-electron chi connectivity index (χ4n) is 5.49. The van der Waals surface area contributed by atoms with Gasteiger partial charge in [-0.1, -0.05) is 91.0 Å². The van der Waals surface area contributed by atoms with Crippen molar-refractivity contribution in [1.29, 1.82) is 0 Å². The molecule has 186 valence electrons. The summed E-state index contributed by atoms with van der Waals surface area (Å²) in [5.41, 5.74) is 5.70. The lowest BCUT2D eigenvalue weighted by atomic mass is 10.1. The second kappa shape index (κ2) is 8.62. The fourth-order valence-corrected chi connectivity index (χ4v) is 5.49. The molecule has 0 bridgehead atoms. The molecule has 0 aliphatic carbocycles. The van der Waals surface area contributed by atoms with Crippen molar-refractivity contribution in [2.75, 3.05) is 0 Å². The smallest absolute Gasteiger partial charge is 0.238 e. The third kappa shape index (κ3) is 3.32. The van der Waals surface area contributed by atoms with E-state index in [1.54, 1.807) is 0 Å². The molecule has 0 atom stereocenters. The molecular weight excluding hydrogens is 494 g/mol. The van der Waals surface area contributed by atoms with Gasteiger partial charge in [-0.2, -0.15) is 9.97 Å². The van der Waals surface area contributed by atoms with Crippen molar-refractivity contribution in [3.8, 4) is 28.7 Å². The van der Waals surface area contributed by atoms with Gasteiger partial charge in [0.2, 0.25) is 5.95 Å². The molecule has 40 heavy (non-hydrogen) atoms. The molecule has 8 rings (SSSR count). The molecular formula is C34H19N5O. The van der Waals surface area contributed by atoms with Gasteiger partial charge in [-0.3, -0.25) is 4.57 Å². The molecule has 6 heteroatoms. The molecule has 0 aliphatic rings. The van der Waals surface area contributed by atoms with E-state index in [4.69, 9.17) is 25.9 Å². The van der Waals surface area contributed by atoms with Gasteiger partial charge in [0.15, 0.2) is 17.3 Å². The van der Waals surface area contributed by atoms with Crippen LogP contribution in [-0.4, -0.2) is 19.5 Å². The van der Waals surface area contributed by atoms with Crippen molar-refractivity contribution in [3.05, 3.63) is 127 Å². The van der Waals surface area contributed by atoms with Gasteiger partial charge in [0, 0.05) is 32.7 Å². The van der Waals surface area contributed by atoms with Crippen LogP contribution in [0.3, 0.4) is 0 Å². The van der Waals surface area contributed by atoms with Crippen molar-refractivity contribution in [2.24, 2.45) is 0 Å². The zero-order valence-corrected chi connectivity index (χ0v) is 21.1.